The predicted octanol–water partition coefficient (Wildman–Crippen LogP) is 1.94. The van der Waals surface area contributed by atoms with E-state index in [1.165, 1.54) is 6.33 Å². The quantitative estimate of drug-likeness (QED) is 0.569. The van der Waals surface area contributed by atoms with Gasteiger partial charge in [0.15, 0.2) is 0 Å². The number of aromatic nitrogens is 2. The van der Waals surface area contributed by atoms with Crippen LogP contribution in [0.4, 0.5) is 0 Å². The van der Waals surface area contributed by atoms with Gasteiger partial charge >= 0.3 is 0 Å². The molecule has 0 spiro atoms. The van der Waals surface area contributed by atoms with E-state index in [1.54, 1.807) is 24.4 Å². The molecule has 2 nitrogen and oxygen atoms in total. The Morgan fingerprint density at radius 1 is 1.45 bits per heavy atom. The van der Waals surface area contributed by atoms with Crippen molar-refractivity contribution >= 4 is 10.9 Å². The van der Waals surface area contributed by atoms with Gasteiger partial charge in [0.2, 0.25) is 0 Å². The molecule has 1 aromatic carbocycles. The van der Waals surface area contributed by atoms with Gasteiger partial charge in [0.25, 0.3) is 0 Å². The molecule has 0 aliphatic carbocycles. The lowest BCUT2D eigenvalue weighted by Crippen LogP contribution is -1.80. The van der Waals surface area contributed by atoms with Crippen LogP contribution in [0.3, 0.4) is 0 Å². The van der Waals surface area contributed by atoms with Gasteiger partial charge in [0, 0.05) is 15.7 Å². The molecule has 1 heterocycles. The highest BCUT2D eigenvalue weighted by molar-refractivity contribution is 5.77. The number of hydrogen-bond acceptors (Lipinski definition) is 2. The van der Waals surface area contributed by atoms with E-state index >= 15 is 0 Å². The standard InChI is InChI=1S/C9H8N2/c1-7-2-3-9-8(4-7)5-10-6-11-9/h2-6H,1H3/i1D3. The number of aryl methyl sites for hydroxylation is 1. The summed E-state index contributed by atoms with van der Waals surface area (Å²) in [4.78, 5) is 7.85. The molecule has 0 unspecified atom stereocenters. The highest BCUT2D eigenvalue weighted by Gasteiger charge is 1.91. The van der Waals surface area contributed by atoms with Gasteiger partial charge in [-0.2, -0.15) is 0 Å². The summed E-state index contributed by atoms with van der Waals surface area (Å²) in [5.41, 5.74) is 1.08. The first-order valence-electron chi connectivity index (χ1n) is 4.77. The maximum absolute atomic E-state index is 7.24. The molecule has 0 aliphatic rings. The molecule has 0 saturated carbocycles. The topological polar surface area (TPSA) is 25.8 Å². The monoisotopic (exact) mass is 147 g/mol. The molecule has 2 heteroatoms. The summed E-state index contributed by atoms with van der Waals surface area (Å²) >= 11 is 0. The fourth-order valence-corrected chi connectivity index (χ4v) is 0.985. The Morgan fingerprint density at radius 2 is 2.45 bits per heavy atom. The highest BCUT2D eigenvalue weighted by atomic mass is 14.8. The van der Waals surface area contributed by atoms with Gasteiger partial charge in [0.05, 0.1) is 5.52 Å². The zero-order valence-electron chi connectivity index (χ0n) is 8.78. The predicted molar refractivity (Wildman–Crippen MR) is 44.3 cm³/mol. The van der Waals surface area contributed by atoms with Crippen LogP contribution in [0.2, 0.25) is 0 Å². The highest BCUT2D eigenvalue weighted by Crippen LogP contribution is 2.10. The van der Waals surface area contributed by atoms with Crippen LogP contribution in [0.25, 0.3) is 10.9 Å². The first kappa shape index (κ1) is 3.81. The van der Waals surface area contributed by atoms with Crippen LogP contribution in [0.5, 0.6) is 0 Å². The average Bonchev–Trinajstić information content (AvgIpc) is 2.16. The van der Waals surface area contributed by atoms with Crippen LogP contribution in [0, 0.1) is 6.85 Å². The van der Waals surface area contributed by atoms with Crippen LogP contribution >= 0.6 is 0 Å². The maximum Gasteiger partial charge on any atom is 0.116 e. The number of benzene rings is 1. The Balaban J connectivity index is 2.63. The van der Waals surface area contributed by atoms with E-state index in [4.69, 9.17) is 4.11 Å². The Labute approximate surface area is 69.1 Å². The summed E-state index contributed by atoms with van der Waals surface area (Å²) in [6, 6.07) is 4.86. The summed E-state index contributed by atoms with van der Waals surface area (Å²) in [5, 5.41) is 0.751. The van der Waals surface area contributed by atoms with Crippen molar-refractivity contribution in [3.63, 3.8) is 0 Å². The third-order valence-corrected chi connectivity index (χ3v) is 1.50. The molecule has 0 aliphatic heterocycles. The third kappa shape index (κ3) is 1.07. The van der Waals surface area contributed by atoms with Gasteiger partial charge in [-0.1, -0.05) is 11.6 Å². The van der Waals surface area contributed by atoms with E-state index in [0.717, 1.165) is 10.9 Å². The van der Waals surface area contributed by atoms with Crippen LogP contribution < -0.4 is 0 Å². The molecule has 0 amide bonds. The number of hydrogen-bond donors (Lipinski definition) is 0. The molecule has 0 radical (unpaired) electrons. The normalized spacial score (nSPS) is 15.5. The number of fused-ring (bicyclic) bond motifs is 1. The molecular weight excluding hydrogens is 136 g/mol. The van der Waals surface area contributed by atoms with Crippen molar-refractivity contribution in [3.8, 4) is 0 Å². The zero-order valence-corrected chi connectivity index (χ0v) is 5.78. The molecule has 0 saturated heterocycles. The number of nitrogens with zero attached hydrogens (tertiary/aromatic N) is 2. The second kappa shape index (κ2) is 2.31. The van der Waals surface area contributed by atoms with E-state index < -0.39 is 6.85 Å². The second-order valence-electron chi connectivity index (χ2n) is 2.30. The Kier molecular flexibility index (Phi) is 0.799. The second-order valence-corrected chi connectivity index (χ2v) is 2.30. The van der Waals surface area contributed by atoms with Crippen molar-refractivity contribution in [2.24, 2.45) is 0 Å². The Morgan fingerprint density at radius 3 is 3.36 bits per heavy atom. The van der Waals surface area contributed by atoms with E-state index in [-0.39, 0.29) is 0 Å². The summed E-state index contributed by atoms with van der Waals surface area (Å²) < 4.78 is 21.7. The van der Waals surface area contributed by atoms with Crippen LogP contribution in [-0.4, -0.2) is 9.97 Å². The first-order chi connectivity index (χ1) is 6.57. The molecule has 0 N–H and O–H groups in total. The van der Waals surface area contributed by atoms with Crippen molar-refractivity contribution in [1.29, 1.82) is 0 Å². The average molecular weight is 147 g/mol. The molecule has 1 aromatic heterocycles. The molecule has 54 valence electrons. The van der Waals surface area contributed by atoms with Crippen molar-refractivity contribution in [2.45, 2.75) is 6.85 Å². The molecule has 11 heavy (non-hydrogen) atoms. The Hall–Kier alpha value is -1.44. The summed E-state index contributed by atoms with van der Waals surface area (Å²) in [5.74, 6) is 0. The van der Waals surface area contributed by atoms with E-state index in [9.17, 15) is 0 Å². The molecular formula is C9H8N2. The van der Waals surface area contributed by atoms with E-state index in [2.05, 4.69) is 9.97 Å². The minimum absolute atomic E-state index is 0.319. The molecule has 2 aromatic rings. The first-order valence-corrected chi connectivity index (χ1v) is 3.27. The molecule has 2 rings (SSSR count). The molecule has 0 atom stereocenters. The fraction of sp³-hybridized carbons (Fsp3) is 0.111. The molecule has 0 fully saturated rings. The van der Waals surface area contributed by atoms with E-state index in [0.29, 0.717) is 5.56 Å². The van der Waals surface area contributed by atoms with Crippen LogP contribution in [0.15, 0.2) is 30.7 Å². The van der Waals surface area contributed by atoms with Gasteiger partial charge in [-0.25, -0.2) is 9.97 Å². The minimum atomic E-state index is -2.07. The maximum atomic E-state index is 7.24. The zero-order chi connectivity index (χ0) is 10.2. The lowest BCUT2D eigenvalue weighted by Gasteiger charge is -1.95. The van der Waals surface area contributed by atoms with Gasteiger partial charge < -0.3 is 0 Å². The fourth-order valence-electron chi connectivity index (χ4n) is 0.985. The smallest absolute Gasteiger partial charge is 0.116 e. The summed E-state index contributed by atoms with van der Waals surface area (Å²) in [6.07, 6.45) is 3.05. The van der Waals surface area contributed by atoms with Gasteiger partial charge in [-0.15, -0.1) is 0 Å². The minimum Gasteiger partial charge on any atom is -0.244 e. The summed E-state index contributed by atoms with van der Waals surface area (Å²) in [7, 11) is 0. The number of rotatable bonds is 0. The van der Waals surface area contributed by atoms with Gasteiger partial charge in [-0.3, -0.25) is 0 Å². The van der Waals surface area contributed by atoms with Crippen molar-refractivity contribution in [3.05, 3.63) is 36.3 Å². The van der Waals surface area contributed by atoms with Crippen molar-refractivity contribution in [2.75, 3.05) is 0 Å². The van der Waals surface area contributed by atoms with E-state index in [1.807, 2.05) is 0 Å². The molecule has 0 bridgehead atoms. The lowest BCUT2D eigenvalue weighted by molar-refractivity contribution is 1.22. The van der Waals surface area contributed by atoms with Crippen molar-refractivity contribution < 1.29 is 4.11 Å². The SMILES string of the molecule is [2H]C([2H])([2H])c1ccc2ncncc2c1. The largest absolute Gasteiger partial charge is 0.244 e. The summed E-state index contributed by atoms with van der Waals surface area (Å²) in [6.45, 7) is -2.07. The van der Waals surface area contributed by atoms with Gasteiger partial charge in [-0.05, 0) is 19.0 Å². The third-order valence-electron chi connectivity index (χ3n) is 1.50. The lowest BCUT2D eigenvalue weighted by atomic mass is 10.2. The van der Waals surface area contributed by atoms with Crippen LogP contribution in [0.1, 0.15) is 9.68 Å². The van der Waals surface area contributed by atoms with Crippen molar-refractivity contribution in [1.82, 2.24) is 9.97 Å². The van der Waals surface area contributed by atoms with Crippen LogP contribution in [-0.2, 0) is 0 Å². The Bertz CT molecular complexity index is 465. The van der Waals surface area contributed by atoms with Gasteiger partial charge in [0.1, 0.15) is 6.33 Å².